The first kappa shape index (κ1) is 22.7. The second kappa shape index (κ2) is 8.92. The van der Waals surface area contributed by atoms with Gasteiger partial charge in [0, 0.05) is 0 Å². The van der Waals surface area contributed by atoms with E-state index in [9.17, 15) is 14.7 Å². The van der Waals surface area contributed by atoms with Crippen LogP contribution in [0.4, 0.5) is 5.13 Å². The third-order valence-corrected chi connectivity index (χ3v) is 6.73. The number of aliphatic hydroxyl groups excluding tert-OH is 1. The van der Waals surface area contributed by atoms with Gasteiger partial charge in [0.1, 0.15) is 17.3 Å². The molecule has 9 heteroatoms. The van der Waals surface area contributed by atoms with Crippen molar-refractivity contribution in [1.82, 2.24) is 4.98 Å². The fraction of sp³-hybridized carbons (Fsp3) is 0.192. The molecule has 1 aliphatic heterocycles. The predicted octanol–water partition coefficient (Wildman–Crippen LogP) is 5.39. The van der Waals surface area contributed by atoms with Gasteiger partial charge in [0.25, 0.3) is 5.91 Å². The molecule has 0 spiro atoms. The van der Waals surface area contributed by atoms with Gasteiger partial charge >= 0.3 is 0 Å². The number of furan rings is 1. The fourth-order valence-electron chi connectivity index (χ4n) is 4.08. The molecular formula is C26H22N2O6S. The van der Waals surface area contributed by atoms with Crippen LogP contribution in [0.1, 0.15) is 34.8 Å². The topological polar surface area (TPSA) is 102 Å². The number of anilines is 1. The molecule has 178 valence electrons. The summed E-state index contributed by atoms with van der Waals surface area (Å²) in [4.78, 5) is 32.8. The number of aromatic nitrogens is 1. The average molecular weight is 491 g/mol. The van der Waals surface area contributed by atoms with Crippen LogP contribution in [0.3, 0.4) is 0 Å². The zero-order valence-electron chi connectivity index (χ0n) is 19.3. The zero-order chi connectivity index (χ0) is 24.7. The maximum Gasteiger partial charge on any atom is 0.296 e. The lowest BCUT2D eigenvalue weighted by Crippen LogP contribution is -2.30. The lowest BCUT2D eigenvalue weighted by Gasteiger charge is -2.24. The van der Waals surface area contributed by atoms with Crippen LogP contribution in [0.2, 0.25) is 0 Å². The molecule has 0 fully saturated rings. The summed E-state index contributed by atoms with van der Waals surface area (Å²) in [6.45, 7) is 4.14. The first-order valence-corrected chi connectivity index (χ1v) is 11.8. The fourth-order valence-corrected chi connectivity index (χ4v) is 5.10. The molecule has 0 saturated heterocycles. The van der Waals surface area contributed by atoms with Gasteiger partial charge in [-0.15, -0.1) is 0 Å². The summed E-state index contributed by atoms with van der Waals surface area (Å²) < 4.78 is 17.2. The number of amides is 1. The Labute approximate surface area is 205 Å². The Hall–Kier alpha value is -4.11. The SMILES string of the molecule is CCOc1ccc2nc(N3C(=O)C(O)=C(C(=O)c4ccc(C)o4)[C@H]3c3ccc(OC)cc3)sc2c1. The van der Waals surface area contributed by atoms with Gasteiger partial charge in [0.2, 0.25) is 5.78 Å². The molecule has 0 aliphatic carbocycles. The van der Waals surface area contributed by atoms with Crippen LogP contribution in [-0.4, -0.2) is 35.5 Å². The number of methoxy groups -OCH3 is 1. The highest BCUT2D eigenvalue weighted by atomic mass is 32.1. The van der Waals surface area contributed by atoms with Crippen LogP contribution in [0.15, 0.2) is 70.3 Å². The minimum Gasteiger partial charge on any atom is -0.503 e. The van der Waals surface area contributed by atoms with Crippen LogP contribution >= 0.6 is 11.3 Å². The van der Waals surface area contributed by atoms with Crippen LogP contribution < -0.4 is 14.4 Å². The quantitative estimate of drug-likeness (QED) is 0.347. The van der Waals surface area contributed by atoms with Gasteiger partial charge in [-0.2, -0.15) is 0 Å². The molecule has 0 unspecified atom stereocenters. The number of Topliss-reactive ketones (excluding diaryl/α,β-unsaturated/α-hetero) is 1. The zero-order valence-corrected chi connectivity index (χ0v) is 20.1. The molecule has 1 amide bonds. The second-order valence-corrected chi connectivity index (χ2v) is 8.92. The number of carbonyl (C=O) groups is 2. The molecular weight excluding hydrogens is 468 g/mol. The normalized spacial score (nSPS) is 15.8. The summed E-state index contributed by atoms with van der Waals surface area (Å²) in [7, 11) is 1.55. The van der Waals surface area contributed by atoms with E-state index in [1.165, 1.54) is 22.3 Å². The summed E-state index contributed by atoms with van der Waals surface area (Å²) in [6, 6.07) is 14.7. The number of hydrogen-bond acceptors (Lipinski definition) is 8. The molecule has 35 heavy (non-hydrogen) atoms. The average Bonchev–Trinajstić information content (AvgIpc) is 3.55. The molecule has 5 rings (SSSR count). The van der Waals surface area contributed by atoms with Crippen molar-refractivity contribution in [2.75, 3.05) is 18.6 Å². The largest absolute Gasteiger partial charge is 0.503 e. The molecule has 0 radical (unpaired) electrons. The van der Waals surface area contributed by atoms with Crippen molar-refractivity contribution >= 4 is 38.4 Å². The highest BCUT2D eigenvalue weighted by Crippen LogP contribution is 2.44. The Balaban J connectivity index is 1.64. The van der Waals surface area contributed by atoms with Crippen molar-refractivity contribution in [3.05, 3.63) is 83.0 Å². The van der Waals surface area contributed by atoms with Gasteiger partial charge in [-0.1, -0.05) is 23.5 Å². The molecule has 1 N–H and O–H groups in total. The van der Waals surface area contributed by atoms with Crippen LogP contribution in [0.25, 0.3) is 10.2 Å². The number of hydrogen-bond donors (Lipinski definition) is 1. The Bertz CT molecular complexity index is 1470. The molecule has 0 bridgehead atoms. The number of ketones is 1. The number of aliphatic hydroxyl groups is 1. The number of ether oxygens (including phenoxy) is 2. The van der Waals surface area contributed by atoms with E-state index >= 15 is 0 Å². The summed E-state index contributed by atoms with van der Waals surface area (Å²) in [5.74, 6) is 0.0120. The predicted molar refractivity (Wildman–Crippen MR) is 131 cm³/mol. The van der Waals surface area contributed by atoms with Crippen molar-refractivity contribution in [2.24, 2.45) is 0 Å². The van der Waals surface area contributed by atoms with Crippen molar-refractivity contribution in [2.45, 2.75) is 19.9 Å². The third kappa shape index (κ3) is 3.93. The number of nitrogens with zero attached hydrogens (tertiary/aromatic N) is 2. The second-order valence-electron chi connectivity index (χ2n) is 7.91. The van der Waals surface area contributed by atoms with Crippen LogP contribution in [-0.2, 0) is 4.79 Å². The Kier molecular flexibility index (Phi) is 5.78. The van der Waals surface area contributed by atoms with E-state index in [0.29, 0.717) is 40.1 Å². The number of benzene rings is 2. The maximum atomic E-state index is 13.4. The van der Waals surface area contributed by atoms with Crippen molar-refractivity contribution in [1.29, 1.82) is 0 Å². The van der Waals surface area contributed by atoms with Gasteiger partial charge in [-0.05, 0) is 61.9 Å². The lowest BCUT2D eigenvalue weighted by molar-refractivity contribution is -0.117. The van der Waals surface area contributed by atoms with Gasteiger partial charge in [0.15, 0.2) is 16.7 Å². The van der Waals surface area contributed by atoms with Gasteiger partial charge in [-0.25, -0.2) is 4.98 Å². The standard InChI is InChI=1S/C26H22N2O6S/c1-4-33-17-10-11-18-20(13-17)35-26(27-18)28-22(15-6-8-16(32-3)9-7-15)21(24(30)25(28)31)23(29)19-12-5-14(2)34-19/h5-13,22,30H,4H2,1-3H3/t22-/m1/s1. The van der Waals surface area contributed by atoms with E-state index in [4.69, 9.17) is 13.9 Å². The summed E-state index contributed by atoms with van der Waals surface area (Å²) in [6.07, 6.45) is 0. The minimum absolute atomic E-state index is 0.0443. The van der Waals surface area contributed by atoms with Gasteiger partial charge in [0.05, 0.1) is 35.5 Å². The molecule has 0 saturated carbocycles. The Morgan fingerprint density at radius 3 is 2.54 bits per heavy atom. The highest BCUT2D eigenvalue weighted by Gasteiger charge is 2.46. The number of aryl methyl sites for hydroxylation is 1. The monoisotopic (exact) mass is 490 g/mol. The van der Waals surface area contributed by atoms with E-state index < -0.39 is 23.5 Å². The van der Waals surface area contributed by atoms with Crippen molar-refractivity contribution in [3.63, 3.8) is 0 Å². The molecule has 1 atom stereocenters. The molecule has 2 aromatic heterocycles. The number of carbonyl (C=O) groups excluding carboxylic acids is 2. The van der Waals surface area contributed by atoms with E-state index in [-0.39, 0.29) is 11.3 Å². The first-order valence-electron chi connectivity index (χ1n) is 11.0. The van der Waals surface area contributed by atoms with E-state index in [2.05, 4.69) is 4.98 Å². The molecule has 4 aromatic rings. The molecule has 2 aromatic carbocycles. The maximum absolute atomic E-state index is 13.4. The third-order valence-electron chi connectivity index (χ3n) is 5.71. The van der Waals surface area contributed by atoms with Gasteiger partial charge < -0.3 is 19.0 Å². The molecule has 8 nitrogen and oxygen atoms in total. The smallest absolute Gasteiger partial charge is 0.296 e. The molecule has 1 aliphatic rings. The Morgan fingerprint density at radius 2 is 1.89 bits per heavy atom. The summed E-state index contributed by atoms with van der Waals surface area (Å²) in [5.41, 5.74) is 1.23. The summed E-state index contributed by atoms with van der Waals surface area (Å²) in [5, 5.41) is 11.3. The van der Waals surface area contributed by atoms with Crippen LogP contribution in [0, 0.1) is 6.92 Å². The first-order chi connectivity index (χ1) is 16.9. The van der Waals surface area contributed by atoms with Crippen molar-refractivity contribution in [3.8, 4) is 11.5 Å². The van der Waals surface area contributed by atoms with E-state index in [1.807, 2.05) is 25.1 Å². The summed E-state index contributed by atoms with van der Waals surface area (Å²) >= 11 is 1.28. The number of fused-ring (bicyclic) bond motifs is 1. The van der Waals surface area contributed by atoms with E-state index in [1.54, 1.807) is 44.4 Å². The highest BCUT2D eigenvalue weighted by molar-refractivity contribution is 7.22. The Morgan fingerprint density at radius 1 is 1.14 bits per heavy atom. The number of rotatable bonds is 7. The van der Waals surface area contributed by atoms with Crippen molar-refractivity contribution < 1.29 is 28.6 Å². The van der Waals surface area contributed by atoms with Gasteiger partial charge in [-0.3, -0.25) is 14.5 Å². The van der Waals surface area contributed by atoms with E-state index in [0.717, 1.165) is 4.70 Å². The minimum atomic E-state index is -0.904. The number of thiazole rings is 1. The van der Waals surface area contributed by atoms with Crippen LogP contribution in [0.5, 0.6) is 11.5 Å². The molecule has 3 heterocycles. The lowest BCUT2D eigenvalue weighted by atomic mass is 9.95.